The van der Waals surface area contributed by atoms with Crippen LogP contribution in [0.25, 0.3) is 0 Å². The highest BCUT2D eigenvalue weighted by atomic mass is 35.5. The molecular weight excluding hydrogens is 293 g/mol. The first kappa shape index (κ1) is 14.7. The van der Waals surface area contributed by atoms with Gasteiger partial charge in [-0.1, -0.05) is 0 Å². The SMILES string of the molecule is CC(=O)C(Cl)c1cc(SC(F)(F)F)ccc1S. The molecule has 7 heteroatoms. The van der Waals surface area contributed by atoms with E-state index in [-0.39, 0.29) is 28.0 Å². The number of thiol groups is 1. The lowest BCUT2D eigenvalue weighted by atomic mass is 10.1. The first-order valence-corrected chi connectivity index (χ1v) is 6.14. The first-order chi connectivity index (χ1) is 7.70. The van der Waals surface area contributed by atoms with Gasteiger partial charge < -0.3 is 0 Å². The number of halogens is 4. The average Bonchev–Trinajstić information content (AvgIpc) is 2.17. The summed E-state index contributed by atoms with van der Waals surface area (Å²) in [5.74, 6) is -0.337. The standard InChI is InChI=1S/C10H8ClF3OS2/c1-5(15)9(11)7-4-6(2-3-8(7)16)17-10(12,13)14/h2-4,9,16H,1H3. The van der Waals surface area contributed by atoms with E-state index in [0.29, 0.717) is 4.90 Å². The second-order valence-corrected chi connectivity index (χ2v) is 5.30. The number of carbonyl (C=O) groups is 1. The summed E-state index contributed by atoms with van der Waals surface area (Å²) in [7, 11) is 0. The predicted octanol–water partition coefficient (Wildman–Crippen LogP) is 4.46. The van der Waals surface area contributed by atoms with Gasteiger partial charge in [0, 0.05) is 9.79 Å². The van der Waals surface area contributed by atoms with Crippen LogP contribution in [-0.2, 0) is 4.79 Å². The lowest BCUT2D eigenvalue weighted by Gasteiger charge is -2.12. The van der Waals surface area contributed by atoms with Crippen LogP contribution < -0.4 is 0 Å². The van der Waals surface area contributed by atoms with Gasteiger partial charge in [-0.05, 0) is 42.4 Å². The van der Waals surface area contributed by atoms with Crippen LogP contribution in [0.5, 0.6) is 0 Å². The molecule has 0 spiro atoms. The summed E-state index contributed by atoms with van der Waals surface area (Å²) in [4.78, 5) is 11.5. The molecule has 1 nitrogen and oxygen atoms in total. The number of hydrogen-bond donors (Lipinski definition) is 1. The average molecular weight is 301 g/mol. The quantitative estimate of drug-likeness (QED) is 0.504. The number of Topliss-reactive ketones (excluding diaryl/α,β-unsaturated/α-hetero) is 1. The van der Waals surface area contributed by atoms with Gasteiger partial charge in [0.2, 0.25) is 0 Å². The van der Waals surface area contributed by atoms with Crippen molar-refractivity contribution in [3.05, 3.63) is 23.8 Å². The van der Waals surface area contributed by atoms with E-state index >= 15 is 0 Å². The van der Waals surface area contributed by atoms with E-state index in [1.54, 1.807) is 0 Å². The monoisotopic (exact) mass is 300 g/mol. The zero-order chi connectivity index (χ0) is 13.2. The molecule has 17 heavy (non-hydrogen) atoms. The summed E-state index contributed by atoms with van der Waals surface area (Å²) >= 11 is 9.61. The lowest BCUT2D eigenvalue weighted by Crippen LogP contribution is -2.04. The Kier molecular flexibility index (Phi) is 4.80. The van der Waals surface area contributed by atoms with Crippen molar-refractivity contribution in [3.63, 3.8) is 0 Å². The van der Waals surface area contributed by atoms with Crippen LogP contribution in [0, 0.1) is 0 Å². The van der Waals surface area contributed by atoms with Crippen LogP contribution in [-0.4, -0.2) is 11.3 Å². The van der Waals surface area contributed by atoms with E-state index in [1.165, 1.54) is 25.1 Å². The maximum atomic E-state index is 12.2. The Morgan fingerprint density at radius 1 is 1.47 bits per heavy atom. The number of rotatable bonds is 3. The molecule has 0 saturated heterocycles. The van der Waals surface area contributed by atoms with E-state index < -0.39 is 10.9 Å². The molecule has 0 heterocycles. The van der Waals surface area contributed by atoms with Crippen LogP contribution in [0.2, 0.25) is 0 Å². The molecule has 1 rings (SSSR count). The minimum atomic E-state index is -4.37. The molecule has 1 aromatic carbocycles. The van der Waals surface area contributed by atoms with Crippen LogP contribution in [0.4, 0.5) is 13.2 Å². The Balaban J connectivity index is 3.06. The van der Waals surface area contributed by atoms with Crippen molar-refractivity contribution in [2.24, 2.45) is 0 Å². The fourth-order valence-corrected chi connectivity index (χ4v) is 2.27. The highest BCUT2D eigenvalue weighted by Gasteiger charge is 2.29. The van der Waals surface area contributed by atoms with E-state index in [2.05, 4.69) is 12.6 Å². The van der Waals surface area contributed by atoms with E-state index in [4.69, 9.17) is 11.6 Å². The number of thioether (sulfide) groups is 1. The van der Waals surface area contributed by atoms with Gasteiger partial charge in [0.1, 0.15) is 5.38 Å². The highest BCUT2D eigenvalue weighted by Crippen LogP contribution is 2.39. The van der Waals surface area contributed by atoms with Crippen molar-refractivity contribution in [1.82, 2.24) is 0 Å². The summed E-state index contributed by atoms with van der Waals surface area (Å²) in [5, 5.41) is -0.976. The number of hydrogen-bond acceptors (Lipinski definition) is 3. The fourth-order valence-electron chi connectivity index (χ4n) is 1.15. The molecule has 0 saturated carbocycles. The highest BCUT2D eigenvalue weighted by molar-refractivity contribution is 8.00. The third kappa shape index (κ3) is 4.44. The third-order valence-corrected chi connectivity index (χ3v) is 3.53. The van der Waals surface area contributed by atoms with Gasteiger partial charge in [-0.25, -0.2) is 0 Å². The molecule has 0 aliphatic rings. The van der Waals surface area contributed by atoms with Crippen molar-refractivity contribution in [3.8, 4) is 0 Å². The van der Waals surface area contributed by atoms with Crippen LogP contribution >= 0.6 is 36.0 Å². The van der Waals surface area contributed by atoms with E-state index in [0.717, 1.165) is 0 Å². The summed E-state index contributed by atoms with van der Waals surface area (Å²) in [6.07, 6.45) is 0. The molecule has 0 N–H and O–H groups in total. The molecule has 1 aromatic rings. The van der Waals surface area contributed by atoms with Gasteiger partial charge in [-0.2, -0.15) is 13.2 Å². The largest absolute Gasteiger partial charge is 0.446 e. The number of alkyl halides is 4. The first-order valence-electron chi connectivity index (χ1n) is 4.44. The van der Waals surface area contributed by atoms with Gasteiger partial charge in [-0.15, -0.1) is 24.2 Å². The van der Waals surface area contributed by atoms with Crippen molar-refractivity contribution in [2.45, 2.75) is 27.6 Å². The summed E-state index contributed by atoms with van der Waals surface area (Å²) in [6.45, 7) is 1.27. The second-order valence-electron chi connectivity index (χ2n) is 3.24. The Morgan fingerprint density at radius 2 is 2.06 bits per heavy atom. The summed E-state index contributed by atoms with van der Waals surface area (Å²) in [6, 6.07) is 3.91. The molecule has 0 radical (unpaired) electrons. The van der Waals surface area contributed by atoms with Gasteiger partial charge in [0.05, 0.1) is 0 Å². The minimum absolute atomic E-state index is 0.0165. The van der Waals surface area contributed by atoms with E-state index in [9.17, 15) is 18.0 Å². The molecule has 94 valence electrons. The van der Waals surface area contributed by atoms with E-state index in [1.807, 2.05) is 0 Å². The third-order valence-electron chi connectivity index (χ3n) is 1.86. The molecule has 0 fully saturated rings. The molecule has 1 unspecified atom stereocenters. The van der Waals surface area contributed by atoms with Crippen molar-refractivity contribution in [2.75, 3.05) is 0 Å². The Labute approximate surface area is 111 Å². The molecule has 0 bridgehead atoms. The maximum Gasteiger partial charge on any atom is 0.446 e. The van der Waals surface area contributed by atoms with Gasteiger partial charge in [0.25, 0.3) is 0 Å². The molecule has 0 aliphatic heterocycles. The number of benzene rings is 1. The van der Waals surface area contributed by atoms with Crippen LogP contribution in [0.3, 0.4) is 0 Å². The molecule has 0 aromatic heterocycles. The van der Waals surface area contributed by atoms with Gasteiger partial charge >= 0.3 is 5.51 Å². The maximum absolute atomic E-state index is 12.2. The van der Waals surface area contributed by atoms with Crippen molar-refractivity contribution < 1.29 is 18.0 Å². The fraction of sp³-hybridized carbons (Fsp3) is 0.300. The van der Waals surface area contributed by atoms with Crippen molar-refractivity contribution >= 4 is 41.8 Å². The smallest absolute Gasteiger partial charge is 0.298 e. The van der Waals surface area contributed by atoms with Crippen LogP contribution in [0.15, 0.2) is 28.0 Å². The lowest BCUT2D eigenvalue weighted by molar-refractivity contribution is -0.116. The van der Waals surface area contributed by atoms with Gasteiger partial charge in [0.15, 0.2) is 5.78 Å². The minimum Gasteiger partial charge on any atom is -0.298 e. The van der Waals surface area contributed by atoms with Gasteiger partial charge in [-0.3, -0.25) is 4.79 Å². The summed E-state index contributed by atoms with van der Waals surface area (Å²) in [5.41, 5.74) is -4.08. The topological polar surface area (TPSA) is 17.1 Å². The predicted molar refractivity (Wildman–Crippen MR) is 64.9 cm³/mol. The molecule has 0 amide bonds. The number of carbonyl (C=O) groups excluding carboxylic acids is 1. The second kappa shape index (κ2) is 5.54. The zero-order valence-electron chi connectivity index (χ0n) is 8.58. The summed E-state index contributed by atoms with van der Waals surface area (Å²) < 4.78 is 36.5. The molecule has 1 atom stereocenters. The number of ketones is 1. The van der Waals surface area contributed by atoms with Crippen LogP contribution in [0.1, 0.15) is 17.9 Å². The van der Waals surface area contributed by atoms with Crippen molar-refractivity contribution in [1.29, 1.82) is 0 Å². The molecular formula is C10H8ClF3OS2. The zero-order valence-corrected chi connectivity index (χ0v) is 11.1. The normalized spacial score (nSPS) is 13.5. The Hall–Kier alpha value is -0.330. The molecule has 0 aliphatic carbocycles. The Morgan fingerprint density at radius 3 is 2.53 bits per heavy atom. The Bertz CT molecular complexity index is 434.